The molecule has 0 unspecified atom stereocenters. The third-order valence-corrected chi connectivity index (χ3v) is 4.43. The highest BCUT2D eigenvalue weighted by Crippen LogP contribution is 2.32. The van der Waals surface area contributed by atoms with E-state index in [1.807, 2.05) is 24.3 Å². The van der Waals surface area contributed by atoms with E-state index in [1.165, 1.54) is 6.08 Å². The van der Waals surface area contributed by atoms with Crippen LogP contribution >= 0.6 is 0 Å². The molecule has 0 aliphatic carbocycles. The smallest absolute Gasteiger partial charge is 0.291 e. The standard InChI is InChI=1S/C21H19N3O4/c25-18(9-8-15-5-3-4-10-22-15)23-19-16-6-1-2-7-17(16)28-20(19)21(26)24-11-13-27-14-12-24/h1-10H,11-14H2,(H,23,25)/b9-8+. The molecule has 0 atom stereocenters. The molecule has 2 aromatic heterocycles. The van der Waals surface area contributed by atoms with Gasteiger partial charge in [0, 0.05) is 30.7 Å². The lowest BCUT2D eigenvalue weighted by Gasteiger charge is -2.26. The molecule has 1 N–H and O–H groups in total. The summed E-state index contributed by atoms with van der Waals surface area (Å²) in [6.45, 7) is 1.95. The number of carbonyl (C=O) groups is 2. The molecule has 28 heavy (non-hydrogen) atoms. The number of pyridine rings is 1. The van der Waals surface area contributed by atoms with E-state index in [1.54, 1.807) is 35.4 Å². The van der Waals surface area contributed by atoms with Crippen LogP contribution in [0.15, 0.2) is 59.2 Å². The van der Waals surface area contributed by atoms with E-state index in [2.05, 4.69) is 10.3 Å². The number of anilines is 1. The molecule has 3 aromatic rings. The molecule has 0 saturated carbocycles. The number of morpholine rings is 1. The summed E-state index contributed by atoms with van der Waals surface area (Å²) in [5.41, 5.74) is 1.59. The maximum Gasteiger partial charge on any atom is 0.291 e. The van der Waals surface area contributed by atoms with Crippen LogP contribution in [0.1, 0.15) is 16.2 Å². The van der Waals surface area contributed by atoms with Gasteiger partial charge < -0.3 is 19.4 Å². The fourth-order valence-corrected chi connectivity index (χ4v) is 3.03. The number of carbonyl (C=O) groups excluding carboxylic acids is 2. The van der Waals surface area contributed by atoms with Crippen molar-refractivity contribution in [3.05, 3.63) is 66.2 Å². The van der Waals surface area contributed by atoms with E-state index in [-0.39, 0.29) is 17.6 Å². The van der Waals surface area contributed by atoms with Gasteiger partial charge in [0.25, 0.3) is 5.91 Å². The van der Waals surface area contributed by atoms with Crippen LogP contribution in [0.4, 0.5) is 5.69 Å². The molecule has 4 rings (SSSR count). The Labute approximate surface area is 161 Å². The van der Waals surface area contributed by atoms with Crippen LogP contribution in [0.25, 0.3) is 17.0 Å². The third kappa shape index (κ3) is 3.79. The van der Waals surface area contributed by atoms with Gasteiger partial charge in [-0.2, -0.15) is 0 Å². The van der Waals surface area contributed by atoms with E-state index >= 15 is 0 Å². The van der Waals surface area contributed by atoms with Crippen LogP contribution in [-0.2, 0) is 9.53 Å². The quantitative estimate of drug-likeness (QED) is 0.707. The van der Waals surface area contributed by atoms with Gasteiger partial charge in [-0.3, -0.25) is 14.6 Å². The highest BCUT2D eigenvalue weighted by atomic mass is 16.5. The summed E-state index contributed by atoms with van der Waals surface area (Å²) < 4.78 is 11.1. The number of hydrogen-bond donors (Lipinski definition) is 1. The molecule has 7 nitrogen and oxygen atoms in total. The largest absolute Gasteiger partial charge is 0.449 e. The number of furan rings is 1. The fourth-order valence-electron chi connectivity index (χ4n) is 3.03. The van der Waals surface area contributed by atoms with Gasteiger partial charge in [-0.15, -0.1) is 0 Å². The van der Waals surface area contributed by atoms with Crippen LogP contribution in [0.3, 0.4) is 0 Å². The first kappa shape index (κ1) is 17.9. The van der Waals surface area contributed by atoms with Crippen molar-refractivity contribution in [3.63, 3.8) is 0 Å². The number of para-hydroxylation sites is 1. The predicted octanol–water partition coefficient (Wildman–Crippen LogP) is 2.95. The Morgan fingerprint density at radius 3 is 2.64 bits per heavy atom. The summed E-state index contributed by atoms with van der Waals surface area (Å²) in [6.07, 6.45) is 4.65. The average Bonchev–Trinajstić information content (AvgIpc) is 3.11. The van der Waals surface area contributed by atoms with E-state index in [0.717, 1.165) is 0 Å². The summed E-state index contributed by atoms with van der Waals surface area (Å²) in [5, 5.41) is 3.48. The number of ether oxygens (including phenoxy) is 1. The lowest BCUT2D eigenvalue weighted by molar-refractivity contribution is -0.111. The Balaban J connectivity index is 1.62. The Hall–Kier alpha value is -3.45. The van der Waals surface area contributed by atoms with Crippen molar-refractivity contribution in [1.29, 1.82) is 0 Å². The second-order valence-corrected chi connectivity index (χ2v) is 6.28. The minimum Gasteiger partial charge on any atom is -0.449 e. The molecule has 1 aliphatic rings. The van der Waals surface area contributed by atoms with E-state index in [0.29, 0.717) is 48.7 Å². The fraction of sp³-hybridized carbons (Fsp3) is 0.190. The second kappa shape index (κ2) is 8.06. The highest BCUT2D eigenvalue weighted by molar-refractivity contribution is 6.13. The van der Waals surface area contributed by atoms with Gasteiger partial charge in [0.2, 0.25) is 11.7 Å². The van der Waals surface area contributed by atoms with Gasteiger partial charge >= 0.3 is 0 Å². The zero-order chi connectivity index (χ0) is 19.3. The topological polar surface area (TPSA) is 84.7 Å². The molecule has 0 spiro atoms. The molecule has 1 aliphatic heterocycles. The summed E-state index contributed by atoms with van der Waals surface area (Å²) in [6, 6.07) is 12.7. The molecule has 3 heterocycles. The Morgan fingerprint density at radius 2 is 1.86 bits per heavy atom. The predicted molar refractivity (Wildman–Crippen MR) is 105 cm³/mol. The monoisotopic (exact) mass is 377 g/mol. The molecule has 2 amide bonds. The first-order chi connectivity index (χ1) is 13.7. The van der Waals surface area contributed by atoms with E-state index in [4.69, 9.17) is 9.15 Å². The van der Waals surface area contributed by atoms with Crippen molar-refractivity contribution in [2.24, 2.45) is 0 Å². The SMILES string of the molecule is O=C(/C=C/c1ccccn1)Nc1c(C(=O)N2CCOCC2)oc2ccccc12. The molecule has 1 fully saturated rings. The Bertz CT molecular complexity index is 1020. The van der Waals surface area contributed by atoms with Gasteiger partial charge in [-0.1, -0.05) is 18.2 Å². The number of fused-ring (bicyclic) bond motifs is 1. The maximum atomic E-state index is 12.9. The summed E-state index contributed by atoms with van der Waals surface area (Å²) in [5.74, 6) is -0.501. The number of aromatic nitrogens is 1. The van der Waals surface area contributed by atoms with Crippen LogP contribution in [0, 0.1) is 0 Å². The molecule has 0 bridgehead atoms. The lowest BCUT2D eigenvalue weighted by atomic mass is 10.2. The van der Waals surface area contributed by atoms with Crippen molar-refractivity contribution >= 4 is 34.5 Å². The van der Waals surface area contributed by atoms with Crippen molar-refractivity contribution in [1.82, 2.24) is 9.88 Å². The number of nitrogens with one attached hydrogen (secondary N) is 1. The lowest BCUT2D eigenvalue weighted by Crippen LogP contribution is -2.40. The molecule has 7 heteroatoms. The molecule has 1 saturated heterocycles. The molecular weight excluding hydrogens is 358 g/mol. The van der Waals surface area contributed by atoms with Gasteiger partial charge in [0.1, 0.15) is 11.3 Å². The first-order valence-corrected chi connectivity index (χ1v) is 9.01. The van der Waals surface area contributed by atoms with Crippen molar-refractivity contribution in [3.8, 4) is 0 Å². The summed E-state index contributed by atoms with van der Waals surface area (Å²) >= 11 is 0. The molecule has 142 valence electrons. The summed E-state index contributed by atoms with van der Waals surface area (Å²) in [7, 11) is 0. The van der Waals surface area contributed by atoms with Gasteiger partial charge in [-0.05, 0) is 30.3 Å². The first-order valence-electron chi connectivity index (χ1n) is 9.01. The number of amides is 2. The molecule has 1 aromatic carbocycles. The Morgan fingerprint density at radius 1 is 1.07 bits per heavy atom. The zero-order valence-electron chi connectivity index (χ0n) is 15.1. The van der Waals surface area contributed by atoms with Crippen LogP contribution in [0.5, 0.6) is 0 Å². The van der Waals surface area contributed by atoms with Crippen LogP contribution in [0.2, 0.25) is 0 Å². The Kier molecular flexibility index (Phi) is 5.16. The minimum atomic E-state index is -0.367. The number of nitrogens with zero attached hydrogens (tertiary/aromatic N) is 2. The van der Waals surface area contributed by atoms with Crippen molar-refractivity contribution in [2.75, 3.05) is 31.6 Å². The number of benzene rings is 1. The van der Waals surface area contributed by atoms with Gasteiger partial charge in [-0.25, -0.2) is 0 Å². The number of hydrogen-bond acceptors (Lipinski definition) is 5. The van der Waals surface area contributed by atoms with E-state index in [9.17, 15) is 9.59 Å². The minimum absolute atomic E-state index is 0.127. The number of rotatable bonds is 4. The van der Waals surface area contributed by atoms with E-state index < -0.39 is 0 Å². The van der Waals surface area contributed by atoms with Crippen molar-refractivity contribution in [2.45, 2.75) is 0 Å². The third-order valence-electron chi connectivity index (χ3n) is 4.43. The average molecular weight is 377 g/mol. The van der Waals surface area contributed by atoms with Gasteiger partial charge in [0.05, 0.1) is 18.9 Å². The molecule has 0 radical (unpaired) electrons. The zero-order valence-corrected chi connectivity index (χ0v) is 15.1. The normalized spacial score (nSPS) is 14.5. The van der Waals surface area contributed by atoms with Crippen LogP contribution < -0.4 is 5.32 Å². The molecular formula is C21H19N3O4. The second-order valence-electron chi connectivity index (χ2n) is 6.28. The van der Waals surface area contributed by atoms with Gasteiger partial charge in [0.15, 0.2) is 0 Å². The van der Waals surface area contributed by atoms with Crippen LogP contribution in [-0.4, -0.2) is 48.0 Å². The summed E-state index contributed by atoms with van der Waals surface area (Å²) in [4.78, 5) is 31.2. The van der Waals surface area contributed by atoms with Crippen molar-refractivity contribution < 1.29 is 18.7 Å². The highest BCUT2D eigenvalue weighted by Gasteiger charge is 2.27. The maximum absolute atomic E-state index is 12.9.